The van der Waals surface area contributed by atoms with Gasteiger partial charge >= 0.3 is 5.76 Å². The standard InChI is InChI=1S/C24H28N2O3/c1-24(2,3)18-9-4-15(5-10-18)16-6-11-19(12-7-16)25-22(27)17-8-13-21-20(14-17)26-23(28)29-21/h4-5,8-10,13-14,16,19H,6-7,11-12H2,1-3H3,(H,25,27)(H,26,28). The van der Waals surface area contributed by atoms with Gasteiger partial charge in [0.05, 0.1) is 5.52 Å². The molecule has 0 unspecified atom stereocenters. The third-order valence-electron chi connectivity index (χ3n) is 5.99. The second kappa shape index (κ2) is 7.54. The Kier molecular flexibility index (Phi) is 5.07. The summed E-state index contributed by atoms with van der Waals surface area (Å²) < 4.78 is 4.99. The van der Waals surface area contributed by atoms with Crippen LogP contribution in [0.5, 0.6) is 0 Å². The molecule has 5 nitrogen and oxygen atoms in total. The molecule has 1 aliphatic carbocycles. The fraction of sp³-hybridized carbons (Fsp3) is 0.417. The summed E-state index contributed by atoms with van der Waals surface area (Å²) in [6.45, 7) is 6.70. The Labute approximate surface area is 170 Å². The van der Waals surface area contributed by atoms with E-state index < -0.39 is 5.76 Å². The Morgan fingerprint density at radius 2 is 1.72 bits per heavy atom. The fourth-order valence-corrected chi connectivity index (χ4v) is 4.19. The van der Waals surface area contributed by atoms with Gasteiger partial charge in [-0.25, -0.2) is 4.79 Å². The van der Waals surface area contributed by atoms with Gasteiger partial charge in [-0.1, -0.05) is 45.0 Å². The summed E-state index contributed by atoms with van der Waals surface area (Å²) in [7, 11) is 0. The van der Waals surface area contributed by atoms with Gasteiger partial charge in [0.25, 0.3) is 5.91 Å². The van der Waals surface area contributed by atoms with Crippen molar-refractivity contribution in [1.29, 1.82) is 0 Å². The summed E-state index contributed by atoms with van der Waals surface area (Å²) in [5.41, 5.74) is 4.48. The molecule has 152 valence electrons. The highest BCUT2D eigenvalue weighted by Crippen LogP contribution is 2.34. The number of carbonyl (C=O) groups excluding carboxylic acids is 1. The first kappa shape index (κ1) is 19.5. The van der Waals surface area contributed by atoms with Crippen LogP contribution in [0.2, 0.25) is 0 Å². The van der Waals surface area contributed by atoms with Crippen molar-refractivity contribution in [3.63, 3.8) is 0 Å². The van der Waals surface area contributed by atoms with Crippen LogP contribution in [-0.2, 0) is 5.41 Å². The van der Waals surface area contributed by atoms with Crippen molar-refractivity contribution in [2.24, 2.45) is 0 Å². The molecule has 2 N–H and O–H groups in total. The van der Waals surface area contributed by atoms with Crippen LogP contribution in [0.3, 0.4) is 0 Å². The first-order chi connectivity index (χ1) is 13.8. The zero-order valence-electron chi connectivity index (χ0n) is 17.2. The molecule has 1 saturated carbocycles. The van der Waals surface area contributed by atoms with Crippen molar-refractivity contribution >= 4 is 17.0 Å². The maximum atomic E-state index is 12.6. The number of fused-ring (bicyclic) bond motifs is 1. The zero-order valence-corrected chi connectivity index (χ0v) is 17.2. The summed E-state index contributed by atoms with van der Waals surface area (Å²) >= 11 is 0. The molecule has 1 fully saturated rings. The number of hydrogen-bond donors (Lipinski definition) is 2. The van der Waals surface area contributed by atoms with E-state index in [-0.39, 0.29) is 17.4 Å². The minimum atomic E-state index is -0.508. The Morgan fingerprint density at radius 3 is 2.38 bits per heavy atom. The molecule has 0 atom stereocenters. The van der Waals surface area contributed by atoms with Gasteiger partial charge in [0.2, 0.25) is 0 Å². The predicted molar refractivity (Wildman–Crippen MR) is 114 cm³/mol. The van der Waals surface area contributed by atoms with Gasteiger partial charge in [-0.3, -0.25) is 9.78 Å². The Balaban J connectivity index is 1.35. The van der Waals surface area contributed by atoms with E-state index in [0.29, 0.717) is 22.6 Å². The third-order valence-corrected chi connectivity index (χ3v) is 5.99. The van der Waals surface area contributed by atoms with E-state index >= 15 is 0 Å². The van der Waals surface area contributed by atoms with E-state index in [2.05, 4.69) is 55.3 Å². The predicted octanol–water partition coefficient (Wildman–Crippen LogP) is 4.87. The number of oxazole rings is 1. The zero-order chi connectivity index (χ0) is 20.6. The molecular formula is C24H28N2O3. The van der Waals surface area contributed by atoms with Crippen molar-refractivity contribution in [1.82, 2.24) is 10.3 Å². The van der Waals surface area contributed by atoms with Crippen molar-refractivity contribution in [3.05, 3.63) is 69.7 Å². The average Bonchev–Trinajstić information content (AvgIpc) is 3.07. The number of rotatable bonds is 3. The molecule has 29 heavy (non-hydrogen) atoms. The largest absolute Gasteiger partial charge is 0.417 e. The highest BCUT2D eigenvalue weighted by atomic mass is 16.4. The van der Waals surface area contributed by atoms with Crippen molar-refractivity contribution in [2.45, 2.75) is 63.8 Å². The molecule has 1 amide bonds. The molecule has 0 spiro atoms. The highest BCUT2D eigenvalue weighted by molar-refractivity contribution is 5.97. The van der Waals surface area contributed by atoms with Crippen LogP contribution in [0, 0.1) is 0 Å². The maximum Gasteiger partial charge on any atom is 0.417 e. The molecule has 0 bridgehead atoms. The SMILES string of the molecule is CC(C)(C)c1ccc(C2CCC(NC(=O)c3ccc4oc(=O)[nH]c4c3)CC2)cc1. The lowest BCUT2D eigenvalue weighted by molar-refractivity contribution is 0.0926. The molecule has 0 aliphatic heterocycles. The molecular weight excluding hydrogens is 364 g/mol. The molecule has 1 heterocycles. The van der Waals surface area contributed by atoms with Crippen LogP contribution in [-0.4, -0.2) is 16.9 Å². The number of H-pyrrole nitrogens is 1. The number of amides is 1. The second-order valence-electron chi connectivity index (χ2n) is 9.12. The first-order valence-electron chi connectivity index (χ1n) is 10.3. The third kappa shape index (κ3) is 4.29. The monoisotopic (exact) mass is 392 g/mol. The average molecular weight is 392 g/mol. The Hall–Kier alpha value is -2.82. The highest BCUT2D eigenvalue weighted by Gasteiger charge is 2.24. The maximum absolute atomic E-state index is 12.6. The lowest BCUT2D eigenvalue weighted by Gasteiger charge is -2.30. The first-order valence-corrected chi connectivity index (χ1v) is 10.3. The van der Waals surface area contributed by atoms with Crippen LogP contribution >= 0.6 is 0 Å². The number of hydrogen-bond acceptors (Lipinski definition) is 3. The quantitative estimate of drug-likeness (QED) is 0.667. The van der Waals surface area contributed by atoms with Gasteiger partial charge in [0, 0.05) is 11.6 Å². The van der Waals surface area contributed by atoms with Gasteiger partial charge in [0.1, 0.15) is 0 Å². The molecule has 5 heteroatoms. The minimum Gasteiger partial charge on any atom is -0.408 e. The molecule has 0 saturated heterocycles. The van der Waals surface area contributed by atoms with Crippen molar-refractivity contribution in [2.75, 3.05) is 0 Å². The van der Waals surface area contributed by atoms with E-state index in [1.165, 1.54) is 11.1 Å². The number of aromatic amines is 1. The molecule has 0 radical (unpaired) electrons. The second-order valence-corrected chi connectivity index (χ2v) is 9.12. The van der Waals surface area contributed by atoms with Gasteiger partial charge in [-0.15, -0.1) is 0 Å². The van der Waals surface area contributed by atoms with Gasteiger partial charge in [-0.05, 0) is 66.3 Å². The molecule has 4 rings (SSSR count). The number of benzene rings is 2. The molecule has 2 aromatic carbocycles. The van der Waals surface area contributed by atoms with Crippen LogP contribution < -0.4 is 11.1 Å². The van der Waals surface area contributed by atoms with E-state index in [9.17, 15) is 9.59 Å². The van der Waals surface area contributed by atoms with E-state index in [1.807, 2.05) is 0 Å². The summed E-state index contributed by atoms with van der Waals surface area (Å²) in [6, 6.07) is 14.2. The Morgan fingerprint density at radius 1 is 1.03 bits per heavy atom. The van der Waals surface area contributed by atoms with E-state index in [0.717, 1.165) is 25.7 Å². The summed E-state index contributed by atoms with van der Waals surface area (Å²) in [6.07, 6.45) is 4.10. The van der Waals surface area contributed by atoms with Crippen LogP contribution in [0.25, 0.3) is 11.1 Å². The lowest BCUT2D eigenvalue weighted by Crippen LogP contribution is -2.37. The Bertz CT molecular complexity index is 1060. The molecule has 1 aromatic heterocycles. The summed E-state index contributed by atoms with van der Waals surface area (Å²) in [4.78, 5) is 26.5. The molecule has 1 aliphatic rings. The van der Waals surface area contributed by atoms with Gasteiger partial charge in [-0.2, -0.15) is 0 Å². The fourth-order valence-electron chi connectivity index (χ4n) is 4.19. The lowest BCUT2D eigenvalue weighted by atomic mass is 9.80. The topological polar surface area (TPSA) is 75.1 Å². The van der Waals surface area contributed by atoms with Crippen molar-refractivity contribution < 1.29 is 9.21 Å². The van der Waals surface area contributed by atoms with E-state index in [4.69, 9.17) is 4.42 Å². The summed E-state index contributed by atoms with van der Waals surface area (Å²) in [5, 5.41) is 3.15. The number of aromatic nitrogens is 1. The normalized spacial score (nSPS) is 20.0. The van der Waals surface area contributed by atoms with Crippen LogP contribution in [0.15, 0.2) is 51.7 Å². The van der Waals surface area contributed by atoms with E-state index in [1.54, 1.807) is 18.2 Å². The smallest absolute Gasteiger partial charge is 0.408 e. The molecule has 3 aromatic rings. The van der Waals surface area contributed by atoms with Gasteiger partial charge in [0.15, 0.2) is 5.58 Å². The number of carbonyl (C=O) groups is 1. The van der Waals surface area contributed by atoms with Crippen LogP contribution in [0.1, 0.15) is 73.9 Å². The van der Waals surface area contributed by atoms with Crippen molar-refractivity contribution in [3.8, 4) is 0 Å². The van der Waals surface area contributed by atoms with Crippen LogP contribution in [0.4, 0.5) is 0 Å². The van der Waals surface area contributed by atoms with Gasteiger partial charge < -0.3 is 9.73 Å². The summed E-state index contributed by atoms with van der Waals surface area (Å²) in [5.74, 6) is -0.0529. The minimum absolute atomic E-state index is 0.105. The number of nitrogens with one attached hydrogen (secondary N) is 2.